The van der Waals surface area contributed by atoms with E-state index in [1.165, 1.54) is 31.3 Å². The van der Waals surface area contributed by atoms with Gasteiger partial charge >= 0.3 is 0 Å². The van der Waals surface area contributed by atoms with Crippen molar-refractivity contribution in [3.05, 3.63) is 53.1 Å². The van der Waals surface area contributed by atoms with Crippen molar-refractivity contribution in [2.75, 3.05) is 30.8 Å². The van der Waals surface area contributed by atoms with E-state index in [-0.39, 0.29) is 10.8 Å². The van der Waals surface area contributed by atoms with Gasteiger partial charge in [0, 0.05) is 26.7 Å². The van der Waals surface area contributed by atoms with Crippen molar-refractivity contribution in [3.63, 3.8) is 0 Å². The summed E-state index contributed by atoms with van der Waals surface area (Å²) in [7, 11) is 1.26. The van der Waals surface area contributed by atoms with Gasteiger partial charge in [0.25, 0.3) is 15.9 Å². The summed E-state index contributed by atoms with van der Waals surface area (Å²) in [5.41, 5.74) is 1.33. The maximum Gasteiger partial charge on any atom is 0.261 e. The predicted octanol–water partition coefficient (Wildman–Crippen LogP) is 2.57. The van der Waals surface area contributed by atoms with Gasteiger partial charge in [-0.1, -0.05) is 17.7 Å². The highest BCUT2D eigenvalue weighted by molar-refractivity contribution is 7.92. The fourth-order valence-electron chi connectivity index (χ4n) is 2.19. The number of anilines is 2. The quantitative estimate of drug-likeness (QED) is 0.851. The number of nitrogens with zero attached hydrogens (tertiary/aromatic N) is 1. The lowest BCUT2D eigenvalue weighted by Gasteiger charge is -2.20. The van der Waals surface area contributed by atoms with E-state index in [9.17, 15) is 13.2 Å². The molecule has 0 radical (unpaired) electrons. The molecule has 0 aromatic heterocycles. The van der Waals surface area contributed by atoms with Crippen molar-refractivity contribution < 1.29 is 13.2 Å². The first-order valence-electron chi connectivity index (χ1n) is 7.07. The van der Waals surface area contributed by atoms with Crippen molar-refractivity contribution in [2.45, 2.75) is 4.90 Å². The van der Waals surface area contributed by atoms with E-state index < -0.39 is 10.0 Å². The van der Waals surface area contributed by atoms with E-state index >= 15 is 0 Å². The molecular formula is C16H18ClN3O3S. The first-order valence-corrected chi connectivity index (χ1v) is 8.93. The average Bonchev–Trinajstić information content (AvgIpc) is 2.53. The van der Waals surface area contributed by atoms with Gasteiger partial charge in [-0.15, -0.1) is 0 Å². The standard InChI is InChI=1S/C16H18ClN3O3S/c1-18-16(21)11-7-9-12(10-8-11)24(22,23)19-14-6-4-5-13(17)15(14)20(2)3/h4-10,19H,1-3H3,(H,18,21). The second-order valence-electron chi connectivity index (χ2n) is 5.24. The Labute approximate surface area is 146 Å². The van der Waals surface area contributed by atoms with Gasteiger partial charge in [-0.2, -0.15) is 0 Å². The van der Waals surface area contributed by atoms with Crippen LogP contribution in [-0.2, 0) is 10.0 Å². The van der Waals surface area contributed by atoms with E-state index in [0.717, 1.165) is 0 Å². The Morgan fingerprint density at radius 3 is 2.25 bits per heavy atom. The summed E-state index contributed by atoms with van der Waals surface area (Å²) in [6.45, 7) is 0. The maximum absolute atomic E-state index is 12.6. The van der Waals surface area contributed by atoms with E-state index in [2.05, 4.69) is 10.0 Å². The molecule has 0 aliphatic carbocycles. The van der Waals surface area contributed by atoms with Crippen molar-refractivity contribution in [1.29, 1.82) is 0 Å². The third-order valence-corrected chi connectivity index (χ3v) is 5.02. The topological polar surface area (TPSA) is 78.5 Å². The molecule has 128 valence electrons. The van der Waals surface area contributed by atoms with Crippen LogP contribution >= 0.6 is 11.6 Å². The summed E-state index contributed by atoms with van der Waals surface area (Å²) in [6.07, 6.45) is 0. The molecule has 0 unspecified atom stereocenters. The molecule has 2 N–H and O–H groups in total. The van der Waals surface area contributed by atoms with Crippen LogP contribution in [0.1, 0.15) is 10.4 Å². The molecule has 2 rings (SSSR count). The smallest absolute Gasteiger partial charge is 0.261 e. The highest BCUT2D eigenvalue weighted by Crippen LogP contribution is 2.33. The molecule has 0 saturated heterocycles. The van der Waals surface area contributed by atoms with Gasteiger partial charge < -0.3 is 10.2 Å². The van der Waals surface area contributed by atoms with Gasteiger partial charge in [0.15, 0.2) is 0 Å². The van der Waals surface area contributed by atoms with Crippen LogP contribution in [0.3, 0.4) is 0 Å². The van der Waals surface area contributed by atoms with Crippen molar-refractivity contribution in [1.82, 2.24) is 5.32 Å². The largest absolute Gasteiger partial charge is 0.375 e. The number of nitrogens with one attached hydrogen (secondary N) is 2. The summed E-state index contributed by atoms with van der Waals surface area (Å²) < 4.78 is 27.7. The molecule has 2 aromatic carbocycles. The van der Waals surface area contributed by atoms with Crippen LogP contribution in [-0.4, -0.2) is 35.5 Å². The average molecular weight is 368 g/mol. The van der Waals surface area contributed by atoms with Crippen LogP contribution in [0.15, 0.2) is 47.4 Å². The van der Waals surface area contributed by atoms with Crippen molar-refractivity contribution in [2.24, 2.45) is 0 Å². The Morgan fingerprint density at radius 2 is 1.71 bits per heavy atom. The third kappa shape index (κ3) is 3.80. The van der Waals surface area contributed by atoms with E-state index in [4.69, 9.17) is 11.6 Å². The number of para-hydroxylation sites is 1. The molecule has 0 heterocycles. The molecule has 1 amide bonds. The fraction of sp³-hybridized carbons (Fsp3) is 0.188. The summed E-state index contributed by atoms with van der Waals surface area (Å²) in [6, 6.07) is 10.7. The highest BCUT2D eigenvalue weighted by atomic mass is 35.5. The number of carbonyl (C=O) groups is 1. The number of amides is 1. The van der Waals surface area contributed by atoms with Crippen LogP contribution < -0.4 is 14.9 Å². The predicted molar refractivity (Wildman–Crippen MR) is 96.4 cm³/mol. The van der Waals surface area contributed by atoms with E-state index in [0.29, 0.717) is 22.0 Å². The van der Waals surface area contributed by atoms with Gasteiger partial charge in [0.1, 0.15) is 0 Å². The Kier molecular flexibility index (Phi) is 5.36. The fourth-order valence-corrected chi connectivity index (χ4v) is 3.60. The van der Waals surface area contributed by atoms with Crippen LogP contribution in [0.25, 0.3) is 0 Å². The molecule has 6 nitrogen and oxygen atoms in total. The Bertz CT molecular complexity index is 849. The van der Waals surface area contributed by atoms with Gasteiger partial charge in [-0.3, -0.25) is 9.52 Å². The van der Waals surface area contributed by atoms with E-state index in [1.54, 1.807) is 37.2 Å². The molecule has 0 bridgehead atoms. The van der Waals surface area contributed by atoms with Gasteiger partial charge in [0.2, 0.25) is 0 Å². The summed E-state index contributed by atoms with van der Waals surface area (Å²) in [5.74, 6) is -0.281. The molecule has 24 heavy (non-hydrogen) atoms. The Hall–Kier alpha value is -2.25. The van der Waals surface area contributed by atoms with Crippen LogP contribution in [0.4, 0.5) is 11.4 Å². The SMILES string of the molecule is CNC(=O)c1ccc(S(=O)(=O)Nc2cccc(Cl)c2N(C)C)cc1. The van der Waals surface area contributed by atoms with Gasteiger partial charge in [0.05, 0.1) is 21.3 Å². The lowest BCUT2D eigenvalue weighted by Crippen LogP contribution is -2.19. The third-order valence-electron chi connectivity index (χ3n) is 3.33. The molecule has 0 spiro atoms. The number of halogens is 1. The number of hydrogen-bond acceptors (Lipinski definition) is 4. The maximum atomic E-state index is 12.6. The summed E-state index contributed by atoms with van der Waals surface area (Å²) >= 11 is 6.15. The molecule has 0 aliphatic rings. The molecule has 0 fully saturated rings. The highest BCUT2D eigenvalue weighted by Gasteiger charge is 2.18. The van der Waals surface area contributed by atoms with Crippen molar-refractivity contribution >= 4 is 38.9 Å². The minimum atomic E-state index is -3.80. The van der Waals surface area contributed by atoms with Gasteiger partial charge in [-0.05, 0) is 36.4 Å². The number of sulfonamides is 1. The normalized spacial score (nSPS) is 11.0. The molecular weight excluding hydrogens is 350 g/mol. The monoisotopic (exact) mass is 367 g/mol. The first kappa shape index (κ1) is 18.1. The number of carbonyl (C=O) groups excluding carboxylic acids is 1. The molecule has 0 saturated carbocycles. The van der Waals surface area contributed by atoms with Crippen LogP contribution in [0.5, 0.6) is 0 Å². The number of rotatable bonds is 5. The minimum Gasteiger partial charge on any atom is -0.375 e. The minimum absolute atomic E-state index is 0.0554. The number of hydrogen-bond donors (Lipinski definition) is 2. The van der Waals surface area contributed by atoms with Crippen LogP contribution in [0.2, 0.25) is 5.02 Å². The molecule has 8 heteroatoms. The second kappa shape index (κ2) is 7.11. The molecule has 0 aliphatic heterocycles. The second-order valence-corrected chi connectivity index (χ2v) is 7.33. The lowest BCUT2D eigenvalue weighted by molar-refractivity contribution is 0.0963. The Morgan fingerprint density at radius 1 is 1.08 bits per heavy atom. The zero-order valence-corrected chi connectivity index (χ0v) is 15.1. The van der Waals surface area contributed by atoms with Crippen LogP contribution in [0, 0.1) is 0 Å². The van der Waals surface area contributed by atoms with E-state index in [1.807, 2.05) is 0 Å². The molecule has 0 atom stereocenters. The first-order chi connectivity index (χ1) is 11.3. The van der Waals surface area contributed by atoms with Gasteiger partial charge in [-0.25, -0.2) is 8.42 Å². The van der Waals surface area contributed by atoms with Crippen molar-refractivity contribution in [3.8, 4) is 0 Å². The molecule has 2 aromatic rings. The summed E-state index contributed by atoms with van der Waals surface area (Å²) in [5, 5.41) is 2.92. The number of benzene rings is 2. The zero-order chi connectivity index (χ0) is 17.9. The lowest BCUT2D eigenvalue weighted by atomic mass is 10.2. The zero-order valence-electron chi connectivity index (χ0n) is 13.5. The summed E-state index contributed by atoms with van der Waals surface area (Å²) in [4.78, 5) is 13.3. The Balaban J connectivity index is 2.36.